The van der Waals surface area contributed by atoms with Crippen LogP contribution in [0, 0.1) is 0 Å². The van der Waals surface area contributed by atoms with Gasteiger partial charge in [0.2, 0.25) is 5.91 Å². The van der Waals surface area contributed by atoms with Crippen molar-refractivity contribution in [1.29, 1.82) is 0 Å². The maximum absolute atomic E-state index is 11.2. The fourth-order valence-electron chi connectivity index (χ4n) is 1.52. The molecule has 1 aromatic carbocycles. The van der Waals surface area contributed by atoms with Crippen LogP contribution in [0.5, 0.6) is 0 Å². The Balaban J connectivity index is 2.06. The van der Waals surface area contributed by atoms with Crippen LogP contribution in [-0.4, -0.2) is 19.0 Å². The molecule has 0 aliphatic heterocycles. The molecule has 0 saturated carbocycles. The summed E-state index contributed by atoms with van der Waals surface area (Å²) in [7, 11) is 0. The summed E-state index contributed by atoms with van der Waals surface area (Å²) >= 11 is 0. The third kappa shape index (κ3) is 5.51. The zero-order valence-corrected chi connectivity index (χ0v) is 9.61. The number of hydrogen-bond donors (Lipinski definition) is 2. The second-order valence-corrected chi connectivity index (χ2v) is 3.83. The molecule has 0 fully saturated rings. The van der Waals surface area contributed by atoms with Crippen LogP contribution < -0.4 is 11.1 Å². The fourth-order valence-corrected chi connectivity index (χ4v) is 1.52. The SMILES string of the molecule is NCCCC(=O)NCCCc1ccccc1. The minimum absolute atomic E-state index is 0.110. The van der Waals surface area contributed by atoms with Crippen LogP contribution in [0.3, 0.4) is 0 Å². The molecule has 0 spiro atoms. The van der Waals surface area contributed by atoms with Crippen LogP contribution in [0.4, 0.5) is 0 Å². The van der Waals surface area contributed by atoms with Crippen LogP contribution in [0.1, 0.15) is 24.8 Å². The second-order valence-electron chi connectivity index (χ2n) is 3.83. The molecule has 0 aliphatic carbocycles. The molecule has 0 radical (unpaired) electrons. The molecule has 1 aromatic rings. The molecule has 3 N–H and O–H groups in total. The van der Waals surface area contributed by atoms with E-state index in [2.05, 4.69) is 17.4 Å². The maximum Gasteiger partial charge on any atom is 0.220 e. The number of nitrogens with one attached hydrogen (secondary N) is 1. The van der Waals surface area contributed by atoms with E-state index in [0.29, 0.717) is 13.0 Å². The van der Waals surface area contributed by atoms with Gasteiger partial charge in [-0.3, -0.25) is 4.79 Å². The van der Waals surface area contributed by atoms with E-state index in [0.717, 1.165) is 25.8 Å². The van der Waals surface area contributed by atoms with Gasteiger partial charge in [0.25, 0.3) is 0 Å². The number of benzene rings is 1. The zero-order chi connectivity index (χ0) is 11.6. The Hall–Kier alpha value is -1.35. The van der Waals surface area contributed by atoms with Gasteiger partial charge >= 0.3 is 0 Å². The third-order valence-electron chi connectivity index (χ3n) is 2.42. The summed E-state index contributed by atoms with van der Waals surface area (Å²) in [5.74, 6) is 0.110. The van der Waals surface area contributed by atoms with Gasteiger partial charge in [-0.2, -0.15) is 0 Å². The average molecular weight is 220 g/mol. The minimum Gasteiger partial charge on any atom is -0.356 e. The molecule has 0 unspecified atom stereocenters. The first-order valence-electron chi connectivity index (χ1n) is 5.83. The van der Waals surface area contributed by atoms with Gasteiger partial charge in [-0.05, 0) is 31.4 Å². The maximum atomic E-state index is 11.2. The lowest BCUT2D eigenvalue weighted by molar-refractivity contribution is -0.121. The zero-order valence-electron chi connectivity index (χ0n) is 9.61. The molecular weight excluding hydrogens is 200 g/mol. The van der Waals surface area contributed by atoms with E-state index in [1.54, 1.807) is 0 Å². The van der Waals surface area contributed by atoms with Crippen molar-refractivity contribution in [2.45, 2.75) is 25.7 Å². The molecule has 88 valence electrons. The van der Waals surface area contributed by atoms with Gasteiger partial charge in [-0.15, -0.1) is 0 Å². The summed E-state index contributed by atoms with van der Waals surface area (Å²) < 4.78 is 0. The quantitative estimate of drug-likeness (QED) is 0.684. The van der Waals surface area contributed by atoms with Gasteiger partial charge in [-0.25, -0.2) is 0 Å². The predicted molar refractivity (Wildman–Crippen MR) is 66.1 cm³/mol. The van der Waals surface area contributed by atoms with Crippen LogP contribution in [0.25, 0.3) is 0 Å². The fraction of sp³-hybridized carbons (Fsp3) is 0.462. The Morgan fingerprint density at radius 1 is 1.19 bits per heavy atom. The molecule has 0 aliphatic rings. The summed E-state index contributed by atoms with van der Waals surface area (Å²) in [6.07, 6.45) is 3.31. The molecule has 0 bridgehead atoms. The van der Waals surface area contributed by atoms with Gasteiger partial charge < -0.3 is 11.1 Å². The number of rotatable bonds is 7. The smallest absolute Gasteiger partial charge is 0.220 e. The average Bonchev–Trinajstić information content (AvgIpc) is 2.33. The van der Waals surface area contributed by atoms with Crippen LogP contribution in [0.2, 0.25) is 0 Å². The molecule has 3 nitrogen and oxygen atoms in total. The Kier molecular flexibility index (Phi) is 6.26. The molecule has 1 rings (SSSR count). The molecular formula is C13H20N2O. The van der Waals surface area contributed by atoms with Crippen molar-refractivity contribution in [3.8, 4) is 0 Å². The molecule has 0 saturated heterocycles. The van der Waals surface area contributed by atoms with Crippen molar-refractivity contribution in [2.75, 3.05) is 13.1 Å². The normalized spacial score (nSPS) is 10.1. The molecule has 16 heavy (non-hydrogen) atoms. The minimum atomic E-state index is 0.110. The lowest BCUT2D eigenvalue weighted by Crippen LogP contribution is -2.25. The van der Waals surface area contributed by atoms with E-state index >= 15 is 0 Å². The van der Waals surface area contributed by atoms with Crippen LogP contribution >= 0.6 is 0 Å². The van der Waals surface area contributed by atoms with Crippen LogP contribution in [0.15, 0.2) is 30.3 Å². The first kappa shape index (κ1) is 12.7. The summed E-state index contributed by atoms with van der Waals surface area (Å²) in [6, 6.07) is 10.3. The standard InChI is InChI=1S/C13H20N2O/c14-10-4-9-13(16)15-11-5-8-12-6-2-1-3-7-12/h1-3,6-7H,4-5,8-11,14H2,(H,15,16). The summed E-state index contributed by atoms with van der Waals surface area (Å²) in [4.78, 5) is 11.2. The van der Waals surface area contributed by atoms with Crippen molar-refractivity contribution in [2.24, 2.45) is 5.73 Å². The largest absolute Gasteiger partial charge is 0.356 e. The van der Waals surface area contributed by atoms with Crippen LogP contribution in [-0.2, 0) is 11.2 Å². The number of hydrogen-bond acceptors (Lipinski definition) is 2. The number of aryl methyl sites for hydroxylation is 1. The lowest BCUT2D eigenvalue weighted by Gasteiger charge is -2.04. The van der Waals surface area contributed by atoms with E-state index in [1.807, 2.05) is 18.2 Å². The highest BCUT2D eigenvalue weighted by atomic mass is 16.1. The van der Waals surface area contributed by atoms with Crippen molar-refractivity contribution in [1.82, 2.24) is 5.32 Å². The van der Waals surface area contributed by atoms with Gasteiger partial charge in [0.1, 0.15) is 0 Å². The van der Waals surface area contributed by atoms with Gasteiger partial charge in [0.05, 0.1) is 0 Å². The third-order valence-corrected chi connectivity index (χ3v) is 2.42. The lowest BCUT2D eigenvalue weighted by atomic mass is 10.1. The number of carbonyl (C=O) groups excluding carboxylic acids is 1. The summed E-state index contributed by atoms with van der Waals surface area (Å²) in [5, 5.41) is 2.89. The van der Waals surface area contributed by atoms with Crippen molar-refractivity contribution >= 4 is 5.91 Å². The van der Waals surface area contributed by atoms with E-state index in [9.17, 15) is 4.79 Å². The molecule has 0 heterocycles. The molecule has 0 aromatic heterocycles. The van der Waals surface area contributed by atoms with E-state index in [4.69, 9.17) is 5.73 Å². The Labute approximate surface area is 97.0 Å². The highest BCUT2D eigenvalue weighted by Crippen LogP contribution is 2.01. The van der Waals surface area contributed by atoms with Gasteiger partial charge in [0.15, 0.2) is 0 Å². The Morgan fingerprint density at radius 3 is 2.62 bits per heavy atom. The Bertz CT molecular complexity index is 298. The van der Waals surface area contributed by atoms with Crippen molar-refractivity contribution in [3.63, 3.8) is 0 Å². The monoisotopic (exact) mass is 220 g/mol. The van der Waals surface area contributed by atoms with E-state index in [-0.39, 0.29) is 5.91 Å². The number of nitrogens with two attached hydrogens (primary N) is 1. The number of carbonyl (C=O) groups is 1. The van der Waals surface area contributed by atoms with Crippen molar-refractivity contribution in [3.05, 3.63) is 35.9 Å². The number of amides is 1. The van der Waals surface area contributed by atoms with Crippen molar-refractivity contribution < 1.29 is 4.79 Å². The molecule has 3 heteroatoms. The van der Waals surface area contributed by atoms with E-state index < -0.39 is 0 Å². The highest BCUT2D eigenvalue weighted by Gasteiger charge is 1.99. The Morgan fingerprint density at radius 2 is 1.94 bits per heavy atom. The topological polar surface area (TPSA) is 55.1 Å². The highest BCUT2D eigenvalue weighted by molar-refractivity contribution is 5.75. The first-order chi connectivity index (χ1) is 7.83. The summed E-state index contributed by atoms with van der Waals surface area (Å²) in [5.41, 5.74) is 6.65. The van der Waals surface area contributed by atoms with Gasteiger partial charge in [-0.1, -0.05) is 30.3 Å². The predicted octanol–water partition coefficient (Wildman–Crippen LogP) is 1.47. The first-order valence-corrected chi connectivity index (χ1v) is 5.83. The molecule has 0 atom stereocenters. The summed E-state index contributed by atoms with van der Waals surface area (Å²) in [6.45, 7) is 1.33. The van der Waals surface area contributed by atoms with Gasteiger partial charge in [0, 0.05) is 13.0 Å². The molecule has 1 amide bonds. The second kappa shape index (κ2) is 7.88. The van der Waals surface area contributed by atoms with E-state index in [1.165, 1.54) is 5.56 Å².